The van der Waals surface area contributed by atoms with Gasteiger partial charge in [-0.3, -0.25) is 10.1 Å². The first-order valence-corrected chi connectivity index (χ1v) is 7.97. The lowest BCUT2D eigenvalue weighted by molar-refractivity contribution is -0.384. The fourth-order valence-electron chi connectivity index (χ4n) is 2.54. The highest BCUT2D eigenvalue weighted by Crippen LogP contribution is 2.17. The smallest absolute Gasteiger partial charge is 0.269 e. The zero-order valence-corrected chi connectivity index (χ0v) is 16.3. The first kappa shape index (κ1) is 20.4. The van der Waals surface area contributed by atoms with Crippen LogP contribution in [0, 0.1) is 10.1 Å². The molecule has 2 rings (SSSR count). The average Bonchev–Trinajstić information content (AvgIpc) is 3.03. The van der Waals surface area contributed by atoms with Crippen LogP contribution in [0.4, 0.5) is 5.69 Å². The number of nitrogens with zero attached hydrogens (tertiary/aromatic N) is 2. The molecule has 132 valence electrons. The highest BCUT2D eigenvalue weighted by Gasteiger charge is 2.16. The number of nitrogens with one attached hydrogen (secondary N) is 2. The van der Waals surface area contributed by atoms with Crippen LogP contribution in [0.2, 0.25) is 0 Å². The molecule has 0 unspecified atom stereocenters. The highest BCUT2D eigenvalue weighted by atomic mass is 127. The summed E-state index contributed by atoms with van der Waals surface area (Å²) in [6, 6.07) is 6.98. The van der Waals surface area contributed by atoms with Crippen molar-refractivity contribution >= 4 is 35.6 Å². The maximum atomic E-state index is 10.7. The lowest BCUT2D eigenvalue weighted by Crippen LogP contribution is -2.42. The van der Waals surface area contributed by atoms with Crippen LogP contribution in [-0.2, 0) is 6.54 Å². The van der Waals surface area contributed by atoms with Crippen LogP contribution in [0.5, 0.6) is 0 Å². The van der Waals surface area contributed by atoms with Crippen LogP contribution in [0.15, 0.2) is 41.4 Å². The first-order chi connectivity index (χ1) is 11.0. The average molecular weight is 444 g/mol. The molecule has 0 heterocycles. The highest BCUT2D eigenvalue weighted by molar-refractivity contribution is 14.0. The SMILES string of the molecule is C=C(C)CNC(=NCc1ccc([N+](=O)[O-])cc1)NC1CCCC1.I. The van der Waals surface area contributed by atoms with Gasteiger partial charge in [-0.05, 0) is 25.3 Å². The minimum absolute atomic E-state index is 0. The number of nitro groups is 1. The molecule has 1 aliphatic carbocycles. The number of rotatable bonds is 6. The van der Waals surface area contributed by atoms with Crippen molar-refractivity contribution in [2.24, 2.45) is 4.99 Å². The molecule has 0 amide bonds. The predicted octanol–water partition coefficient (Wildman–Crippen LogP) is 3.77. The van der Waals surface area contributed by atoms with Crippen LogP contribution in [0.1, 0.15) is 38.2 Å². The standard InChI is InChI=1S/C17H24N4O2.HI/c1-13(2)11-18-17(20-15-5-3-4-6-15)19-12-14-7-9-16(10-8-14)21(22)23;/h7-10,15H,1,3-6,11-12H2,2H3,(H2,18,19,20);1H. The molecular formula is C17H25IN4O2. The maximum absolute atomic E-state index is 10.7. The van der Waals surface area contributed by atoms with Crippen molar-refractivity contribution < 1.29 is 4.92 Å². The second kappa shape index (κ2) is 10.3. The molecule has 0 aromatic heterocycles. The summed E-state index contributed by atoms with van der Waals surface area (Å²) in [6.45, 7) is 7.02. The molecule has 0 radical (unpaired) electrons. The Kier molecular flexibility index (Phi) is 8.73. The van der Waals surface area contributed by atoms with Crippen molar-refractivity contribution in [2.45, 2.75) is 45.2 Å². The second-order valence-electron chi connectivity index (χ2n) is 6.02. The summed E-state index contributed by atoms with van der Waals surface area (Å²) in [5.74, 6) is 0.776. The molecule has 0 bridgehead atoms. The van der Waals surface area contributed by atoms with E-state index in [1.807, 2.05) is 6.92 Å². The minimum atomic E-state index is -0.394. The Labute approximate surface area is 160 Å². The van der Waals surface area contributed by atoms with Gasteiger partial charge in [0.05, 0.1) is 11.5 Å². The van der Waals surface area contributed by atoms with Crippen LogP contribution in [-0.4, -0.2) is 23.5 Å². The van der Waals surface area contributed by atoms with E-state index in [0.29, 0.717) is 19.1 Å². The monoisotopic (exact) mass is 444 g/mol. The number of guanidine groups is 1. The van der Waals surface area contributed by atoms with E-state index in [-0.39, 0.29) is 29.7 Å². The Morgan fingerprint density at radius 1 is 1.33 bits per heavy atom. The third kappa shape index (κ3) is 6.86. The van der Waals surface area contributed by atoms with Gasteiger partial charge < -0.3 is 10.6 Å². The van der Waals surface area contributed by atoms with Crippen molar-refractivity contribution in [1.29, 1.82) is 0 Å². The molecule has 7 heteroatoms. The van der Waals surface area contributed by atoms with E-state index in [9.17, 15) is 10.1 Å². The van der Waals surface area contributed by atoms with Gasteiger partial charge in [0.15, 0.2) is 5.96 Å². The molecule has 1 aromatic rings. The molecule has 0 atom stereocenters. The molecule has 0 aliphatic heterocycles. The van der Waals surface area contributed by atoms with Crippen LogP contribution in [0.25, 0.3) is 0 Å². The third-order valence-corrected chi connectivity index (χ3v) is 3.82. The summed E-state index contributed by atoms with van der Waals surface area (Å²) in [6.07, 6.45) is 4.86. The first-order valence-electron chi connectivity index (χ1n) is 7.97. The van der Waals surface area contributed by atoms with Crippen LogP contribution in [0.3, 0.4) is 0 Å². The van der Waals surface area contributed by atoms with E-state index < -0.39 is 4.92 Å². The molecule has 24 heavy (non-hydrogen) atoms. The lowest BCUT2D eigenvalue weighted by Gasteiger charge is -2.17. The molecule has 1 saturated carbocycles. The fraction of sp³-hybridized carbons (Fsp3) is 0.471. The molecule has 1 aliphatic rings. The van der Waals surface area contributed by atoms with E-state index in [0.717, 1.165) is 17.1 Å². The Morgan fingerprint density at radius 2 is 1.96 bits per heavy atom. The lowest BCUT2D eigenvalue weighted by atomic mass is 10.2. The predicted molar refractivity (Wildman–Crippen MR) is 108 cm³/mol. The molecular weight excluding hydrogens is 419 g/mol. The van der Waals surface area contributed by atoms with E-state index in [4.69, 9.17) is 0 Å². The van der Waals surface area contributed by atoms with E-state index >= 15 is 0 Å². The zero-order valence-electron chi connectivity index (χ0n) is 14.0. The number of non-ortho nitro benzene ring substituents is 1. The van der Waals surface area contributed by atoms with Crippen LogP contribution >= 0.6 is 24.0 Å². The van der Waals surface area contributed by atoms with Gasteiger partial charge in [0.2, 0.25) is 0 Å². The van der Waals surface area contributed by atoms with Crippen molar-refractivity contribution in [3.8, 4) is 0 Å². The summed E-state index contributed by atoms with van der Waals surface area (Å²) in [4.78, 5) is 14.9. The molecule has 2 N–H and O–H groups in total. The van der Waals surface area contributed by atoms with Crippen LogP contribution < -0.4 is 10.6 Å². The number of halogens is 1. The topological polar surface area (TPSA) is 79.6 Å². The summed E-state index contributed by atoms with van der Waals surface area (Å²) < 4.78 is 0. The van der Waals surface area contributed by atoms with Gasteiger partial charge >= 0.3 is 0 Å². The second-order valence-corrected chi connectivity index (χ2v) is 6.02. The van der Waals surface area contributed by atoms with Crippen molar-refractivity contribution in [1.82, 2.24) is 10.6 Å². The molecule has 1 aromatic carbocycles. The summed E-state index contributed by atoms with van der Waals surface area (Å²) in [7, 11) is 0. The Hall–Kier alpha value is -1.64. The number of hydrogen-bond donors (Lipinski definition) is 2. The van der Waals surface area contributed by atoms with Crippen molar-refractivity contribution in [3.63, 3.8) is 0 Å². The molecule has 6 nitrogen and oxygen atoms in total. The summed E-state index contributed by atoms with van der Waals surface area (Å²) in [5, 5.41) is 17.4. The van der Waals surface area contributed by atoms with Gasteiger partial charge in [0.1, 0.15) is 0 Å². The maximum Gasteiger partial charge on any atom is 0.269 e. The zero-order chi connectivity index (χ0) is 16.7. The van der Waals surface area contributed by atoms with Crippen molar-refractivity contribution in [3.05, 3.63) is 52.1 Å². The van der Waals surface area contributed by atoms with Gasteiger partial charge in [-0.2, -0.15) is 0 Å². The largest absolute Gasteiger partial charge is 0.354 e. The Bertz CT molecular complexity index is 581. The Morgan fingerprint density at radius 3 is 2.50 bits per heavy atom. The molecule has 0 saturated heterocycles. The number of aliphatic imine (C=N–C) groups is 1. The fourth-order valence-corrected chi connectivity index (χ4v) is 2.54. The van der Waals surface area contributed by atoms with Gasteiger partial charge in [0.25, 0.3) is 5.69 Å². The van der Waals surface area contributed by atoms with E-state index in [2.05, 4.69) is 22.2 Å². The van der Waals surface area contributed by atoms with E-state index in [1.54, 1.807) is 12.1 Å². The summed E-state index contributed by atoms with van der Waals surface area (Å²) >= 11 is 0. The Balaban J connectivity index is 0.00000288. The number of benzene rings is 1. The van der Waals surface area contributed by atoms with Gasteiger partial charge in [-0.25, -0.2) is 4.99 Å². The minimum Gasteiger partial charge on any atom is -0.354 e. The summed E-state index contributed by atoms with van der Waals surface area (Å²) in [5.41, 5.74) is 2.09. The van der Waals surface area contributed by atoms with Gasteiger partial charge in [-0.15, -0.1) is 24.0 Å². The third-order valence-electron chi connectivity index (χ3n) is 3.82. The molecule has 1 fully saturated rings. The number of nitro benzene ring substituents is 1. The van der Waals surface area contributed by atoms with Gasteiger partial charge in [0, 0.05) is 24.7 Å². The van der Waals surface area contributed by atoms with Crippen molar-refractivity contribution in [2.75, 3.05) is 6.54 Å². The van der Waals surface area contributed by atoms with E-state index in [1.165, 1.54) is 37.8 Å². The normalized spacial score (nSPS) is 14.8. The quantitative estimate of drug-likeness (QED) is 0.175. The number of hydrogen-bond acceptors (Lipinski definition) is 3. The molecule has 0 spiro atoms. The van der Waals surface area contributed by atoms with Gasteiger partial charge in [-0.1, -0.05) is 37.1 Å².